The standard InChI is InChI=1S/C17H15ClN4O2/c1-24-11-15-16(20-19-13-9-7-12(18)8-10-13)17(23)22(21-15)14-5-3-2-4-6-14/h2-10,21H,11H2,1H3. The lowest BCUT2D eigenvalue weighted by Gasteiger charge is -2.00. The summed E-state index contributed by atoms with van der Waals surface area (Å²) in [5.74, 6) is 0. The summed E-state index contributed by atoms with van der Waals surface area (Å²) >= 11 is 5.84. The molecule has 122 valence electrons. The summed E-state index contributed by atoms with van der Waals surface area (Å²) < 4.78 is 6.56. The minimum atomic E-state index is -0.286. The molecule has 7 heteroatoms. The van der Waals surface area contributed by atoms with Crippen molar-refractivity contribution in [2.75, 3.05) is 7.11 Å². The third-order valence-electron chi connectivity index (χ3n) is 3.33. The van der Waals surface area contributed by atoms with E-state index < -0.39 is 0 Å². The van der Waals surface area contributed by atoms with Crippen molar-refractivity contribution in [2.45, 2.75) is 6.61 Å². The van der Waals surface area contributed by atoms with Crippen LogP contribution in [0.5, 0.6) is 0 Å². The molecule has 1 N–H and O–H groups in total. The molecule has 0 saturated heterocycles. The number of methoxy groups -OCH3 is 1. The van der Waals surface area contributed by atoms with Gasteiger partial charge in [-0.1, -0.05) is 29.8 Å². The van der Waals surface area contributed by atoms with Crippen molar-refractivity contribution in [2.24, 2.45) is 10.2 Å². The summed E-state index contributed by atoms with van der Waals surface area (Å²) in [5, 5.41) is 11.8. The Morgan fingerprint density at radius 1 is 1.08 bits per heavy atom. The molecular weight excluding hydrogens is 328 g/mol. The summed E-state index contributed by atoms with van der Waals surface area (Å²) in [6, 6.07) is 16.1. The number of hydrogen-bond donors (Lipinski definition) is 1. The van der Waals surface area contributed by atoms with Gasteiger partial charge in [-0.05, 0) is 36.4 Å². The van der Waals surface area contributed by atoms with Crippen LogP contribution in [0.3, 0.4) is 0 Å². The third kappa shape index (κ3) is 3.45. The number of ether oxygens (including phenoxy) is 1. The number of azo groups is 1. The van der Waals surface area contributed by atoms with E-state index in [0.29, 0.717) is 22.1 Å². The predicted octanol–water partition coefficient (Wildman–Crippen LogP) is 4.38. The summed E-state index contributed by atoms with van der Waals surface area (Å²) in [6.45, 7) is 0.226. The molecule has 0 fully saturated rings. The monoisotopic (exact) mass is 342 g/mol. The maximum absolute atomic E-state index is 12.6. The first kappa shape index (κ1) is 16.2. The predicted molar refractivity (Wildman–Crippen MR) is 92.7 cm³/mol. The number of nitrogens with one attached hydrogen (secondary N) is 1. The highest BCUT2D eigenvalue weighted by molar-refractivity contribution is 6.30. The van der Waals surface area contributed by atoms with E-state index in [-0.39, 0.29) is 17.9 Å². The molecule has 0 spiro atoms. The van der Waals surface area contributed by atoms with Crippen LogP contribution in [-0.2, 0) is 11.3 Å². The van der Waals surface area contributed by atoms with Gasteiger partial charge in [-0.25, -0.2) is 4.68 Å². The molecule has 6 nitrogen and oxygen atoms in total. The summed E-state index contributed by atoms with van der Waals surface area (Å²) in [5.41, 5.74) is 1.81. The number of hydrogen-bond acceptors (Lipinski definition) is 4. The smallest absolute Gasteiger partial charge is 0.299 e. The normalized spacial score (nSPS) is 11.2. The number of H-pyrrole nitrogens is 1. The maximum Gasteiger partial charge on any atom is 0.299 e. The van der Waals surface area contributed by atoms with Gasteiger partial charge < -0.3 is 4.74 Å². The lowest BCUT2D eigenvalue weighted by atomic mass is 10.3. The fraction of sp³-hybridized carbons (Fsp3) is 0.118. The van der Waals surface area contributed by atoms with E-state index >= 15 is 0 Å². The average Bonchev–Trinajstić information content (AvgIpc) is 2.91. The highest BCUT2D eigenvalue weighted by Crippen LogP contribution is 2.21. The van der Waals surface area contributed by atoms with Gasteiger partial charge in [-0.15, -0.1) is 5.11 Å². The molecule has 24 heavy (non-hydrogen) atoms. The topological polar surface area (TPSA) is 71.7 Å². The zero-order valence-corrected chi connectivity index (χ0v) is 13.7. The van der Waals surface area contributed by atoms with Crippen molar-refractivity contribution in [3.05, 3.63) is 75.7 Å². The van der Waals surface area contributed by atoms with E-state index in [1.165, 1.54) is 4.68 Å². The number of rotatable bonds is 5. The van der Waals surface area contributed by atoms with E-state index in [1.54, 1.807) is 31.4 Å². The van der Waals surface area contributed by atoms with Crippen LogP contribution in [0.25, 0.3) is 5.69 Å². The van der Waals surface area contributed by atoms with Gasteiger partial charge in [-0.3, -0.25) is 9.89 Å². The van der Waals surface area contributed by atoms with Crippen LogP contribution in [0.4, 0.5) is 11.4 Å². The van der Waals surface area contributed by atoms with Crippen LogP contribution in [-0.4, -0.2) is 16.9 Å². The van der Waals surface area contributed by atoms with E-state index in [0.717, 1.165) is 0 Å². The molecule has 0 aliphatic heterocycles. The Kier molecular flexibility index (Phi) is 4.88. The molecule has 0 aliphatic rings. The van der Waals surface area contributed by atoms with Crippen LogP contribution in [0, 0.1) is 0 Å². The quantitative estimate of drug-likeness (QED) is 0.699. The third-order valence-corrected chi connectivity index (χ3v) is 3.59. The molecule has 0 amide bonds. The highest BCUT2D eigenvalue weighted by atomic mass is 35.5. The van der Waals surface area contributed by atoms with Gasteiger partial charge in [0, 0.05) is 12.1 Å². The Balaban J connectivity index is 2.01. The molecule has 1 aromatic heterocycles. The van der Waals surface area contributed by atoms with Crippen molar-refractivity contribution in [3.63, 3.8) is 0 Å². The summed E-state index contributed by atoms with van der Waals surface area (Å²) in [6.07, 6.45) is 0. The number of halogens is 1. The molecule has 1 heterocycles. The van der Waals surface area contributed by atoms with Crippen molar-refractivity contribution in [1.29, 1.82) is 0 Å². The Labute approximate surface area is 143 Å². The number of nitrogens with zero attached hydrogens (tertiary/aromatic N) is 3. The molecule has 3 rings (SSSR count). The van der Waals surface area contributed by atoms with Gasteiger partial charge in [0.25, 0.3) is 5.56 Å². The second kappa shape index (κ2) is 7.25. The van der Waals surface area contributed by atoms with Crippen LogP contribution in [0.1, 0.15) is 5.69 Å². The lowest BCUT2D eigenvalue weighted by molar-refractivity contribution is 0.181. The van der Waals surface area contributed by atoms with E-state index in [4.69, 9.17) is 16.3 Å². The van der Waals surface area contributed by atoms with Crippen LogP contribution >= 0.6 is 11.6 Å². The number of aromatic nitrogens is 2. The van der Waals surface area contributed by atoms with Crippen LogP contribution in [0.15, 0.2) is 69.6 Å². The first-order chi connectivity index (χ1) is 11.7. The van der Waals surface area contributed by atoms with Gasteiger partial charge in [0.1, 0.15) is 0 Å². The second-order valence-electron chi connectivity index (χ2n) is 5.02. The minimum absolute atomic E-state index is 0.218. The second-order valence-corrected chi connectivity index (χ2v) is 5.46. The van der Waals surface area contributed by atoms with Gasteiger partial charge in [-0.2, -0.15) is 5.11 Å². The van der Waals surface area contributed by atoms with Crippen molar-refractivity contribution >= 4 is 23.0 Å². The van der Waals surface area contributed by atoms with Crippen molar-refractivity contribution < 1.29 is 4.74 Å². The fourth-order valence-corrected chi connectivity index (χ4v) is 2.32. The maximum atomic E-state index is 12.6. The van der Waals surface area contributed by atoms with E-state index in [9.17, 15) is 4.79 Å². The SMILES string of the molecule is COCc1[nH]n(-c2ccccc2)c(=O)c1N=Nc1ccc(Cl)cc1. The largest absolute Gasteiger partial charge is 0.378 e. The summed E-state index contributed by atoms with van der Waals surface area (Å²) in [4.78, 5) is 12.6. The first-order valence-electron chi connectivity index (χ1n) is 7.24. The van der Waals surface area contributed by atoms with Crippen molar-refractivity contribution in [3.8, 4) is 5.69 Å². The van der Waals surface area contributed by atoms with E-state index in [2.05, 4.69) is 15.3 Å². The van der Waals surface area contributed by atoms with Gasteiger partial charge in [0.15, 0.2) is 5.69 Å². The van der Waals surface area contributed by atoms with Crippen LogP contribution in [0.2, 0.25) is 5.02 Å². The number of benzene rings is 2. The molecule has 0 atom stereocenters. The Hall–Kier alpha value is -2.70. The van der Waals surface area contributed by atoms with E-state index in [1.807, 2.05) is 30.3 Å². The van der Waals surface area contributed by atoms with Crippen molar-refractivity contribution in [1.82, 2.24) is 9.78 Å². The molecule has 0 aliphatic carbocycles. The minimum Gasteiger partial charge on any atom is -0.378 e. The fourth-order valence-electron chi connectivity index (χ4n) is 2.20. The van der Waals surface area contributed by atoms with Gasteiger partial charge in [0.05, 0.1) is 23.7 Å². The molecule has 2 aromatic carbocycles. The lowest BCUT2D eigenvalue weighted by Crippen LogP contribution is -2.13. The number of para-hydroxylation sites is 1. The molecule has 0 radical (unpaired) electrons. The average molecular weight is 343 g/mol. The molecule has 3 aromatic rings. The number of aromatic amines is 1. The zero-order valence-electron chi connectivity index (χ0n) is 12.9. The molecule has 0 bridgehead atoms. The molecule has 0 saturated carbocycles. The van der Waals surface area contributed by atoms with Gasteiger partial charge >= 0.3 is 0 Å². The zero-order chi connectivity index (χ0) is 16.9. The Bertz CT molecular complexity index is 899. The van der Waals surface area contributed by atoms with Gasteiger partial charge in [0.2, 0.25) is 0 Å². The summed E-state index contributed by atoms with van der Waals surface area (Å²) in [7, 11) is 1.55. The Morgan fingerprint density at radius 3 is 2.46 bits per heavy atom. The Morgan fingerprint density at radius 2 is 1.79 bits per heavy atom. The highest BCUT2D eigenvalue weighted by Gasteiger charge is 2.15. The molecular formula is C17H15ClN4O2. The van der Waals surface area contributed by atoms with Crippen LogP contribution < -0.4 is 5.56 Å². The first-order valence-corrected chi connectivity index (χ1v) is 7.62. The molecule has 0 unspecified atom stereocenters.